The molecule has 5 heteroatoms. The Labute approximate surface area is 146 Å². The molecule has 0 radical (unpaired) electrons. The highest BCUT2D eigenvalue weighted by molar-refractivity contribution is 5.99. The standard InChI is InChI=1S/C20H23N3O2/c24-18(17-8-15-3-1-2-4-16(15)21-17)22-23-19(25)20-9-12-5-13(10-20)7-14(6-12)11-20/h1-4,8,12-14,21H,5-7,9-11H2,(H,22,24)(H,23,25). The molecule has 4 fully saturated rings. The number of carbonyl (C=O) groups is 2. The van der Waals surface area contributed by atoms with Crippen molar-refractivity contribution in [3.63, 3.8) is 0 Å². The molecule has 0 atom stereocenters. The molecule has 6 rings (SSSR count). The molecule has 5 nitrogen and oxygen atoms in total. The van der Waals surface area contributed by atoms with Crippen molar-refractivity contribution in [3.8, 4) is 0 Å². The monoisotopic (exact) mass is 337 g/mol. The summed E-state index contributed by atoms with van der Waals surface area (Å²) >= 11 is 0. The van der Waals surface area contributed by atoms with Gasteiger partial charge in [0.05, 0.1) is 5.41 Å². The number of hydrazine groups is 1. The van der Waals surface area contributed by atoms with Gasteiger partial charge in [0.25, 0.3) is 5.91 Å². The molecular weight excluding hydrogens is 314 g/mol. The molecule has 4 aliphatic rings. The summed E-state index contributed by atoms with van der Waals surface area (Å²) in [5, 5.41) is 0.986. The van der Waals surface area contributed by atoms with Crippen LogP contribution in [-0.4, -0.2) is 16.8 Å². The van der Waals surface area contributed by atoms with E-state index in [9.17, 15) is 9.59 Å². The van der Waals surface area contributed by atoms with E-state index >= 15 is 0 Å². The maximum absolute atomic E-state index is 12.9. The highest BCUT2D eigenvalue weighted by Gasteiger charge is 2.54. The molecule has 25 heavy (non-hydrogen) atoms. The fourth-order valence-corrected chi connectivity index (χ4v) is 5.90. The van der Waals surface area contributed by atoms with Crippen LogP contribution in [0.2, 0.25) is 0 Å². The third-order valence-electron chi connectivity index (χ3n) is 6.58. The Morgan fingerprint density at radius 2 is 1.60 bits per heavy atom. The average molecular weight is 337 g/mol. The summed E-state index contributed by atoms with van der Waals surface area (Å²) in [7, 11) is 0. The Kier molecular flexibility index (Phi) is 3.21. The molecule has 4 aliphatic carbocycles. The van der Waals surface area contributed by atoms with E-state index in [4.69, 9.17) is 0 Å². The summed E-state index contributed by atoms with van der Waals surface area (Å²) in [6.45, 7) is 0. The predicted molar refractivity (Wildman–Crippen MR) is 94.5 cm³/mol. The van der Waals surface area contributed by atoms with E-state index in [1.54, 1.807) is 0 Å². The van der Waals surface area contributed by atoms with E-state index < -0.39 is 0 Å². The molecule has 1 aromatic carbocycles. The van der Waals surface area contributed by atoms with Gasteiger partial charge in [0.1, 0.15) is 5.69 Å². The van der Waals surface area contributed by atoms with Crippen molar-refractivity contribution in [2.75, 3.05) is 0 Å². The summed E-state index contributed by atoms with van der Waals surface area (Å²) in [6.07, 6.45) is 6.88. The van der Waals surface area contributed by atoms with E-state index in [1.807, 2.05) is 30.3 Å². The van der Waals surface area contributed by atoms with Crippen molar-refractivity contribution < 1.29 is 9.59 Å². The lowest BCUT2D eigenvalue weighted by molar-refractivity contribution is -0.147. The fourth-order valence-electron chi connectivity index (χ4n) is 5.90. The molecule has 4 bridgehead atoms. The summed E-state index contributed by atoms with van der Waals surface area (Å²) in [4.78, 5) is 28.3. The third kappa shape index (κ3) is 2.44. The van der Waals surface area contributed by atoms with Crippen LogP contribution in [0.25, 0.3) is 10.9 Å². The average Bonchev–Trinajstić information content (AvgIpc) is 3.02. The van der Waals surface area contributed by atoms with Gasteiger partial charge in [-0.05, 0) is 68.4 Å². The van der Waals surface area contributed by atoms with Crippen molar-refractivity contribution in [1.82, 2.24) is 15.8 Å². The molecule has 0 spiro atoms. The van der Waals surface area contributed by atoms with E-state index in [1.165, 1.54) is 19.3 Å². The van der Waals surface area contributed by atoms with Crippen molar-refractivity contribution in [2.45, 2.75) is 38.5 Å². The van der Waals surface area contributed by atoms with Gasteiger partial charge in [-0.1, -0.05) is 18.2 Å². The van der Waals surface area contributed by atoms with Crippen LogP contribution >= 0.6 is 0 Å². The smallest absolute Gasteiger partial charge is 0.286 e. The highest BCUT2D eigenvalue weighted by Crippen LogP contribution is 2.60. The maximum Gasteiger partial charge on any atom is 0.286 e. The van der Waals surface area contributed by atoms with Crippen LogP contribution in [0.1, 0.15) is 49.0 Å². The van der Waals surface area contributed by atoms with Crippen LogP contribution in [0.4, 0.5) is 0 Å². The molecule has 130 valence electrons. The van der Waals surface area contributed by atoms with Crippen molar-refractivity contribution in [2.24, 2.45) is 23.2 Å². The van der Waals surface area contributed by atoms with Gasteiger partial charge in [-0.25, -0.2) is 0 Å². The number of hydrogen-bond donors (Lipinski definition) is 3. The Hall–Kier alpha value is -2.30. The summed E-state index contributed by atoms with van der Waals surface area (Å²) in [6, 6.07) is 9.56. The van der Waals surface area contributed by atoms with E-state index in [0.717, 1.165) is 30.2 Å². The van der Waals surface area contributed by atoms with Gasteiger partial charge in [-0.3, -0.25) is 20.4 Å². The Bertz CT molecular complexity index is 785. The van der Waals surface area contributed by atoms with Crippen LogP contribution < -0.4 is 10.9 Å². The number of carbonyl (C=O) groups excluding carboxylic acids is 2. The van der Waals surface area contributed by atoms with Crippen LogP contribution in [0.15, 0.2) is 30.3 Å². The first-order chi connectivity index (χ1) is 12.1. The third-order valence-corrected chi connectivity index (χ3v) is 6.58. The van der Waals surface area contributed by atoms with Gasteiger partial charge in [0.15, 0.2) is 0 Å². The molecule has 0 aliphatic heterocycles. The van der Waals surface area contributed by atoms with Crippen LogP contribution in [0.5, 0.6) is 0 Å². The molecule has 4 saturated carbocycles. The van der Waals surface area contributed by atoms with Gasteiger partial charge in [0.2, 0.25) is 5.91 Å². The highest BCUT2D eigenvalue weighted by atomic mass is 16.2. The van der Waals surface area contributed by atoms with Crippen molar-refractivity contribution >= 4 is 22.7 Å². The molecule has 0 saturated heterocycles. The number of aromatic amines is 1. The number of amides is 2. The topological polar surface area (TPSA) is 74.0 Å². The van der Waals surface area contributed by atoms with Gasteiger partial charge in [0, 0.05) is 10.9 Å². The van der Waals surface area contributed by atoms with Gasteiger partial charge in [-0.15, -0.1) is 0 Å². The number of para-hydroxylation sites is 1. The van der Waals surface area contributed by atoms with E-state index in [2.05, 4.69) is 15.8 Å². The normalized spacial score (nSPS) is 32.7. The summed E-state index contributed by atoms with van der Waals surface area (Å²) in [5.41, 5.74) is 6.47. The Balaban J connectivity index is 1.28. The van der Waals surface area contributed by atoms with Crippen molar-refractivity contribution in [3.05, 3.63) is 36.0 Å². The molecule has 2 aromatic rings. The first-order valence-electron chi connectivity index (χ1n) is 9.30. The predicted octanol–water partition coefficient (Wildman–Crippen LogP) is 3.15. The number of rotatable bonds is 2. The number of benzene rings is 1. The SMILES string of the molecule is O=C(NNC(=O)C12CC3CC(CC(C3)C1)C2)c1cc2ccccc2[nH]1. The molecule has 0 unspecified atom stereocenters. The lowest BCUT2D eigenvalue weighted by Gasteiger charge is -2.55. The minimum Gasteiger partial charge on any atom is -0.350 e. The number of H-pyrrole nitrogens is 1. The Morgan fingerprint density at radius 3 is 2.24 bits per heavy atom. The van der Waals surface area contributed by atoms with E-state index in [-0.39, 0.29) is 17.2 Å². The second-order valence-electron chi connectivity index (χ2n) is 8.38. The second kappa shape index (κ2) is 5.35. The molecule has 1 aromatic heterocycles. The molecule has 1 heterocycles. The number of nitrogens with one attached hydrogen (secondary N) is 3. The largest absolute Gasteiger partial charge is 0.350 e. The zero-order valence-corrected chi connectivity index (χ0v) is 14.2. The number of hydrogen-bond acceptors (Lipinski definition) is 2. The van der Waals surface area contributed by atoms with Gasteiger partial charge >= 0.3 is 0 Å². The fraction of sp³-hybridized carbons (Fsp3) is 0.500. The van der Waals surface area contributed by atoms with Crippen molar-refractivity contribution in [1.29, 1.82) is 0 Å². The molecule has 3 N–H and O–H groups in total. The van der Waals surface area contributed by atoms with E-state index in [0.29, 0.717) is 23.4 Å². The quantitative estimate of drug-likeness (QED) is 0.737. The van der Waals surface area contributed by atoms with Gasteiger partial charge < -0.3 is 4.98 Å². The summed E-state index contributed by atoms with van der Waals surface area (Å²) < 4.78 is 0. The lowest BCUT2D eigenvalue weighted by atomic mass is 9.49. The maximum atomic E-state index is 12.9. The Morgan fingerprint density at radius 1 is 0.960 bits per heavy atom. The van der Waals surface area contributed by atoms with Crippen LogP contribution in [-0.2, 0) is 4.79 Å². The zero-order valence-electron chi connectivity index (χ0n) is 14.2. The van der Waals surface area contributed by atoms with Crippen LogP contribution in [0, 0.1) is 23.2 Å². The second-order valence-corrected chi connectivity index (χ2v) is 8.38. The summed E-state index contributed by atoms with van der Waals surface area (Å²) in [5.74, 6) is 1.84. The number of fused-ring (bicyclic) bond motifs is 1. The van der Waals surface area contributed by atoms with Gasteiger partial charge in [-0.2, -0.15) is 0 Å². The molecular formula is C20H23N3O2. The lowest BCUT2D eigenvalue weighted by Crippen LogP contribution is -2.56. The minimum atomic E-state index is -0.297. The zero-order chi connectivity index (χ0) is 17.0. The number of aromatic nitrogens is 1. The minimum absolute atomic E-state index is 0.0102. The first kappa shape index (κ1) is 15.0. The molecule has 2 amide bonds. The van der Waals surface area contributed by atoms with Crippen LogP contribution in [0.3, 0.4) is 0 Å². The first-order valence-corrected chi connectivity index (χ1v) is 9.30.